The molecule has 6 nitrogen and oxygen atoms in total. The van der Waals surface area contributed by atoms with Gasteiger partial charge < -0.3 is 14.8 Å². The van der Waals surface area contributed by atoms with Crippen molar-refractivity contribution in [1.29, 1.82) is 0 Å². The zero-order chi connectivity index (χ0) is 24.0. The predicted molar refractivity (Wildman–Crippen MR) is 127 cm³/mol. The van der Waals surface area contributed by atoms with E-state index >= 15 is 0 Å². The van der Waals surface area contributed by atoms with Gasteiger partial charge >= 0.3 is 11.9 Å². The Morgan fingerprint density at radius 1 is 1.00 bits per heavy atom. The highest BCUT2D eigenvalue weighted by Gasteiger charge is 2.34. The van der Waals surface area contributed by atoms with Crippen LogP contribution in [0, 0.1) is 24.7 Å². The molecule has 2 aromatic carbocycles. The molecule has 0 bridgehead atoms. The van der Waals surface area contributed by atoms with E-state index in [1.54, 1.807) is 24.3 Å². The van der Waals surface area contributed by atoms with Crippen LogP contribution >= 0.6 is 0 Å². The van der Waals surface area contributed by atoms with Crippen LogP contribution in [0.3, 0.4) is 0 Å². The van der Waals surface area contributed by atoms with Crippen LogP contribution in [0.1, 0.15) is 66.3 Å². The van der Waals surface area contributed by atoms with E-state index in [1.807, 2.05) is 25.1 Å². The van der Waals surface area contributed by atoms with Crippen LogP contribution in [-0.4, -0.2) is 30.6 Å². The Hall–Kier alpha value is -3.15. The lowest BCUT2D eigenvalue weighted by Crippen LogP contribution is -2.36. The van der Waals surface area contributed by atoms with E-state index in [4.69, 9.17) is 9.47 Å². The highest BCUT2D eigenvalue weighted by atomic mass is 16.5. The number of esters is 2. The van der Waals surface area contributed by atoms with Crippen molar-refractivity contribution in [3.05, 3.63) is 65.2 Å². The van der Waals surface area contributed by atoms with E-state index in [-0.39, 0.29) is 17.2 Å². The van der Waals surface area contributed by atoms with Gasteiger partial charge in [-0.1, -0.05) is 51.5 Å². The molecule has 6 heteroatoms. The van der Waals surface area contributed by atoms with E-state index in [0.29, 0.717) is 23.4 Å². The lowest BCUT2D eigenvalue weighted by Gasteiger charge is -2.36. The van der Waals surface area contributed by atoms with Gasteiger partial charge in [0.05, 0.1) is 11.1 Å². The number of aryl methyl sites for hydroxylation is 1. The number of benzene rings is 2. The molecular formula is C27H33NO5. The molecular weight excluding hydrogens is 418 g/mol. The van der Waals surface area contributed by atoms with E-state index in [1.165, 1.54) is 6.07 Å². The summed E-state index contributed by atoms with van der Waals surface area (Å²) >= 11 is 0. The molecule has 0 heterocycles. The molecule has 1 aliphatic rings. The summed E-state index contributed by atoms with van der Waals surface area (Å²) in [5.74, 6) is -0.525. The van der Waals surface area contributed by atoms with E-state index in [2.05, 4.69) is 26.1 Å². The minimum atomic E-state index is -0.737. The molecule has 0 radical (unpaired) electrons. The summed E-state index contributed by atoms with van der Waals surface area (Å²) in [6.07, 6.45) is 2.80. The molecule has 33 heavy (non-hydrogen) atoms. The number of anilines is 1. The number of amides is 1. The minimum absolute atomic E-state index is 0.0933. The normalized spacial score (nSPS) is 20.2. The Morgan fingerprint density at radius 2 is 1.70 bits per heavy atom. The topological polar surface area (TPSA) is 81.7 Å². The fraction of sp³-hybridized carbons (Fsp3) is 0.444. The van der Waals surface area contributed by atoms with Gasteiger partial charge in [-0.2, -0.15) is 0 Å². The quantitative estimate of drug-likeness (QED) is 0.570. The van der Waals surface area contributed by atoms with Crippen molar-refractivity contribution >= 4 is 23.5 Å². The number of hydrogen-bond donors (Lipinski definition) is 1. The van der Waals surface area contributed by atoms with Gasteiger partial charge in [0.2, 0.25) is 0 Å². The van der Waals surface area contributed by atoms with Crippen LogP contribution in [0.15, 0.2) is 48.5 Å². The molecule has 1 aliphatic carbocycles. The van der Waals surface area contributed by atoms with Gasteiger partial charge in [-0.15, -0.1) is 0 Å². The zero-order valence-electron chi connectivity index (χ0n) is 19.8. The third kappa shape index (κ3) is 6.67. The predicted octanol–water partition coefficient (Wildman–Crippen LogP) is 5.41. The number of ether oxygens (including phenoxy) is 2. The summed E-state index contributed by atoms with van der Waals surface area (Å²) in [6.45, 7) is 7.93. The first-order valence-corrected chi connectivity index (χ1v) is 11.6. The molecule has 0 unspecified atom stereocenters. The Balaban J connectivity index is 1.64. The lowest BCUT2D eigenvalue weighted by atomic mass is 9.75. The van der Waals surface area contributed by atoms with Gasteiger partial charge in [0, 0.05) is 5.69 Å². The molecule has 0 saturated heterocycles. The summed E-state index contributed by atoms with van der Waals surface area (Å²) in [6, 6.07) is 13.7. The average molecular weight is 452 g/mol. The standard InChI is InChI=1S/C27H33NO5/c1-17(2)21-13-12-19(4)15-24(21)33-27(31)23-11-6-5-10-22(23)26(30)32-16-25(29)28-20-9-7-8-18(3)14-20/h5-11,14,17,19,21,24H,12-13,15-16H2,1-4H3,(H,28,29)/t19-,21-,24-/m1/s1. The summed E-state index contributed by atoms with van der Waals surface area (Å²) < 4.78 is 11.1. The van der Waals surface area contributed by atoms with Crippen molar-refractivity contribution in [2.45, 2.75) is 53.1 Å². The first-order chi connectivity index (χ1) is 15.7. The van der Waals surface area contributed by atoms with Crippen molar-refractivity contribution < 1.29 is 23.9 Å². The Kier molecular flexibility index (Phi) is 8.26. The molecule has 0 aliphatic heterocycles. The number of nitrogens with one attached hydrogen (secondary N) is 1. The fourth-order valence-corrected chi connectivity index (χ4v) is 4.42. The molecule has 176 valence electrons. The average Bonchev–Trinajstić information content (AvgIpc) is 2.77. The number of carbonyl (C=O) groups is 3. The van der Waals surface area contributed by atoms with Gasteiger partial charge in [0.1, 0.15) is 6.10 Å². The second kappa shape index (κ2) is 11.1. The van der Waals surface area contributed by atoms with Gasteiger partial charge in [-0.25, -0.2) is 9.59 Å². The number of hydrogen-bond acceptors (Lipinski definition) is 5. The molecule has 3 rings (SSSR count). The van der Waals surface area contributed by atoms with E-state index in [0.717, 1.165) is 24.8 Å². The van der Waals surface area contributed by atoms with Crippen LogP contribution in [0.2, 0.25) is 0 Å². The third-order valence-corrected chi connectivity index (χ3v) is 6.22. The first kappa shape index (κ1) is 24.5. The van der Waals surface area contributed by atoms with Crippen molar-refractivity contribution in [2.24, 2.45) is 17.8 Å². The van der Waals surface area contributed by atoms with E-state index in [9.17, 15) is 14.4 Å². The van der Waals surface area contributed by atoms with Crippen LogP contribution < -0.4 is 5.32 Å². The maximum absolute atomic E-state index is 13.0. The fourth-order valence-electron chi connectivity index (χ4n) is 4.42. The molecule has 0 aromatic heterocycles. The lowest BCUT2D eigenvalue weighted by molar-refractivity contribution is -0.119. The number of rotatable bonds is 7. The first-order valence-electron chi connectivity index (χ1n) is 11.6. The van der Waals surface area contributed by atoms with Gasteiger partial charge in [-0.05, 0) is 67.3 Å². The highest BCUT2D eigenvalue weighted by molar-refractivity contribution is 6.04. The van der Waals surface area contributed by atoms with Gasteiger partial charge in [-0.3, -0.25) is 4.79 Å². The van der Waals surface area contributed by atoms with Crippen LogP contribution in [0.4, 0.5) is 5.69 Å². The largest absolute Gasteiger partial charge is 0.458 e. The second-order valence-electron chi connectivity index (χ2n) is 9.31. The summed E-state index contributed by atoms with van der Waals surface area (Å²) in [5, 5.41) is 2.69. The van der Waals surface area contributed by atoms with Crippen molar-refractivity contribution in [1.82, 2.24) is 0 Å². The maximum atomic E-state index is 13.0. The number of carbonyl (C=O) groups excluding carboxylic acids is 3. The molecule has 1 amide bonds. The van der Waals surface area contributed by atoms with E-state index < -0.39 is 24.5 Å². The smallest absolute Gasteiger partial charge is 0.339 e. The molecule has 1 fully saturated rings. The highest BCUT2D eigenvalue weighted by Crippen LogP contribution is 2.35. The third-order valence-electron chi connectivity index (χ3n) is 6.22. The summed E-state index contributed by atoms with van der Waals surface area (Å²) in [4.78, 5) is 37.9. The zero-order valence-corrected chi connectivity index (χ0v) is 19.8. The van der Waals surface area contributed by atoms with Crippen molar-refractivity contribution in [2.75, 3.05) is 11.9 Å². The van der Waals surface area contributed by atoms with Crippen molar-refractivity contribution in [3.63, 3.8) is 0 Å². The monoisotopic (exact) mass is 451 g/mol. The van der Waals surface area contributed by atoms with Crippen LogP contribution in [0.25, 0.3) is 0 Å². The Labute approximate surface area is 195 Å². The SMILES string of the molecule is Cc1cccc(NC(=O)COC(=O)c2ccccc2C(=O)O[C@@H]2C[C@H](C)CC[C@@H]2C(C)C)c1. The van der Waals surface area contributed by atoms with Crippen LogP contribution in [-0.2, 0) is 14.3 Å². The molecule has 2 aromatic rings. The van der Waals surface area contributed by atoms with Gasteiger partial charge in [0.15, 0.2) is 6.61 Å². The maximum Gasteiger partial charge on any atom is 0.339 e. The molecule has 1 saturated carbocycles. The van der Waals surface area contributed by atoms with Crippen LogP contribution in [0.5, 0.6) is 0 Å². The summed E-state index contributed by atoms with van der Waals surface area (Å²) in [7, 11) is 0. The molecule has 0 spiro atoms. The summed E-state index contributed by atoms with van der Waals surface area (Å²) in [5.41, 5.74) is 1.88. The second-order valence-corrected chi connectivity index (χ2v) is 9.31. The van der Waals surface area contributed by atoms with Gasteiger partial charge in [0.25, 0.3) is 5.91 Å². The molecule has 3 atom stereocenters. The minimum Gasteiger partial charge on any atom is -0.458 e. The Morgan fingerprint density at radius 3 is 2.36 bits per heavy atom. The van der Waals surface area contributed by atoms with Crippen molar-refractivity contribution in [3.8, 4) is 0 Å². The Bertz CT molecular complexity index is 1000. The molecule has 1 N–H and O–H groups in total.